The Balaban J connectivity index is 1.58. The minimum absolute atomic E-state index is 0.0289. The van der Waals surface area contributed by atoms with E-state index in [4.69, 9.17) is 0 Å². The Kier molecular flexibility index (Phi) is 4.59. The van der Waals surface area contributed by atoms with Gasteiger partial charge in [0.25, 0.3) is 0 Å². The van der Waals surface area contributed by atoms with E-state index in [-0.39, 0.29) is 16.7 Å². The summed E-state index contributed by atoms with van der Waals surface area (Å²) < 4.78 is 39.1. The molecule has 1 saturated heterocycles. The molecule has 1 aromatic rings. The number of piperidine rings is 1. The standard InChI is InChI=1S/C17H21F3N2OS/c1-16(2,22-15(23)14-10-7-21-8-11(10)14)9-24-13-6-4-3-5-12(13)17(18,19)20/h3-6,10-11,14,21H,7-9H2,1-2H3,(H,22,23)/t10-,11+,14+. The number of halogens is 3. The van der Waals surface area contributed by atoms with Gasteiger partial charge < -0.3 is 10.6 Å². The van der Waals surface area contributed by atoms with E-state index in [0.29, 0.717) is 17.6 Å². The topological polar surface area (TPSA) is 41.1 Å². The van der Waals surface area contributed by atoms with Crippen molar-refractivity contribution in [3.05, 3.63) is 29.8 Å². The van der Waals surface area contributed by atoms with Crippen molar-refractivity contribution >= 4 is 17.7 Å². The number of benzene rings is 1. The molecule has 2 aliphatic rings. The van der Waals surface area contributed by atoms with E-state index in [0.717, 1.165) is 30.9 Å². The maximum absolute atomic E-state index is 13.0. The SMILES string of the molecule is CC(C)(CSc1ccccc1C(F)(F)F)NC(=O)[C@H]1[C@@H]2CNC[C@@H]21. The fourth-order valence-corrected chi connectivity index (χ4v) is 4.45. The Hall–Kier alpha value is -1.21. The van der Waals surface area contributed by atoms with Crippen molar-refractivity contribution in [2.75, 3.05) is 18.8 Å². The zero-order valence-corrected chi connectivity index (χ0v) is 14.4. The van der Waals surface area contributed by atoms with E-state index in [2.05, 4.69) is 10.6 Å². The van der Waals surface area contributed by atoms with E-state index in [1.165, 1.54) is 12.1 Å². The molecule has 0 unspecified atom stereocenters. The van der Waals surface area contributed by atoms with Gasteiger partial charge in [-0.1, -0.05) is 12.1 Å². The highest BCUT2D eigenvalue weighted by Crippen LogP contribution is 2.49. The number of alkyl halides is 3. The second kappa shape index (κ2) is 6.26. The van der Waals surface area contributed by atoms with Crippen LogP contribution in [-0.2, 0) is 11.0 Å². The van der Waals surface area contributed by atoms with Crippen molar-refractivity contribution in [1.29, 1.82) is 0 Å². The normalized spacial score (nSPS) is 26.1. The molecule has 0 spiro atoms. The lowest BCUT2D eigenvalue weighted by atomic mass is 10.1. The summed E-state index contributed by atoms with van der Waals surface area (Å²) in [4.78, 5) is 12.5. The molecule has 3 atom stereocenters. The van der Waals surface area contributed by atoms with Crippen LogP contribution in [0.2, 0.25) is 0 Å². The highest BCUT2D eigenvalue weighted by molar-refractivity contribution is 7.99. The molecule has 1 heterocycles. The molecule has 24 heavy (non-hydrogen) atoms. The first-order chi connectivity index (χ1) is 11.2. The van der Waals surface area contributed by atoms with Crippen LogP contribution in [0.15, 0.2) is 29.2 Å². The third-order valence-electron chi connectivity index (χ3n) is 4.64. The van der Waals surface area contributed by atoms with Crippen LogP contribution in [0.5, 0.6) is 0 Å². The molecule has 1 aliphatic heterocycles. The molecule has 3 rings (SSSR count). The van der Waals surface area contributed by atoms with Gasteiger partial charge >= 0.3 is 6.18 Å². The summed E-state index contributed by atoms with van der Waals surface area (Å²) in [6.45, 7) is 5.48. The van der Waals surface area contributed by atoms with Crippen LogP contribution in [0.25, 0.3) is 0 Å². The third kappa shape index (κ3) is 3.72. The number of hydrogen-bond donors (Lipinski definition) is 2. The molecule has 0 radical (unpaired) electrons. The van der Waals surface area contributed by atoms with E-state index in [9.17, 15) is 18.0 Å². The van der Waals surface area contributed by atoms with E-state index in [1.807, 2.05) is 13.8 Å². The van der Waals surface area contributed by atoms with Gasteiger partial charge in [0, 0.05) is 22.1 Å². The van der Waals surface area contributed by atoms with Crippen molar-refractivity contribution in [1.82, 2.24) is 10.6 Å². The number of amides is 1. The highest BCUT2D eigenvalue weighted by Gasteiger charge is 2.57. The quantitative estimate of drug-likeness (QED) is 0.795. The maximum atomic E-state index is 13.0. The van der Waals surface area contributed by atoms with Gasteiger partial charge in [0.05, 0.1) is 5.56 Å². The predicted molar refractivity (Wildman–Crippen MR) is 87.7 cm³/mol. The molecule has 3 nitrogen and oxygen atoms in total. The zero-order chi connectivity index (χ0) is 17.5. The molecule has 0 aromatic heterocycles. The number of carbonyl (C=O) groups excluding carboxylic acids is 1. The van der Waals surface area contributed by atoms with Gasteiger partial charge in [-0.05, 0) is 50.9 Å². The first-order valence-electron chi connectivity index (χ1n) is 8.01. The Labute approximate surface area is 143 Å². The molecule has 1 amide bonds. The molecule has 1 aliphatic carbocycles. The maximum Gasteiger partial charge on any atom is 0.417 e. The van der Waals surface area contributed by atoms with Crippen molar-refractivity contribution < 1.29 is 18.0 Å². The Morgan fingerprint density at radius 1 is 1.25 bits per heavy atom. The van der Waals surface area contributed by atoms with E-state index in [1.54, 1.807) is 6.07 Å². The highest BCUT2D eigenvalue weighted by atomic mass is 32.2. The largest absolute Gasteiger partial charge is 0.417 e. The first-order valence-corrected chi connectivity index (χ1v) is 8.99. The van der Waals surface area contributed by atoms with E-state index < -0.39 is 17.3 Å². The first kappa shape index (κ1) is 17.6. The molecule has 0 bridgehead atoms. The summed E-state index contributed by atoms with van der Waals surface area (Å²) in [5, 5.41) is 6.25. The summed E-state index contributed by atoms with van der Waals surface area (Å²) in [6, 6.07) is 5.55. The predicted octanol–water partition coefficient (Wildman–Crippen LogP) is 3.16. The monoisotopic (exact) mass is 358 g/mol. The molecule has 1 aromatic carbocycles. The number of carbonyl (C=O) groups is 1. The third-order valence-corrected chi connectivity index (χ3v) is 6.17. The molecule has 1 saturated carbocycles. The van der Waals surface area contributed by atoms with Gasteiger partial charge in [-0.25, -0.2) is 0 Å². The molecule has 2 N–H and O–H groups in total. The Bertz CT molecular complexity index is 623. The molecule has 132 valence electrons. The average Bonchev–Trinajstić information content (AvgIpc) is 2.98. The van der Waals surface area contributed by atoms with Crippen LogP contribution in [0.4, 0.5) is 13.2 Å². The second-order valence-electron chi connectivity index (χ2n) is 7.17. The van der Waals surface area contributed by atoms with Gasteiger partial charge in [0.2, 0.25) is 5.91 Å². The summed E-state index contributed by atoms with van der Waals surface area (Å²) >= 11 is 1.13. The van der Waals surface area contributed by atoms with Crippen molar-refractivity contribution in [2.24, 2.45) is 17.8 Å². The fraction of sp³-hybridized carbons (Fsp3) is 0.588. The summed E-state index contributed by atoms with van der Waals surface area (Å²) in [6.07, 6.45) is -4.37. The molecule has 7 heteroatoms. The van der Waals surface area contributed by atoms with Gasteiger partial charge in [-0.15, -0.1) is 11.8 Å². The van der Waals surface area contributed by atoms with Gasteiger partial charge in [0.1, 0.15) is 0 Å². The number of rotatable bonds is 5. The average molecular weight is 358 g/mol. The van der Waals surface area contributed by atoms with Crippen molar-refractivity contribution in [3.8, 4) is 0 Å². The smallest absolute Gasteiger partial charge is 0.350 e. The van der Waals surface area contributed by atoms with Gasteiger partial charge in [-0.3, -0.25) is 4.79 Å². The van der Waals surface area contributed by atoms with Crippen LogP contribution in [0, 0.1) is 17.8 Å². The molecule has 2 fully saturated rings. The van der Waals surface area contributed by atoms with Crippen LogP contribution in [0.1, 0.15) is 19.4 Å². The minimum Gasteiger partial charge on any atom is -0.350 e. The van der Waals surface area contributed by atoms with Crippen LogP contribution in [-0.4, -0.2) is 30.3 Å². The summed E-state index contributed by atoms with van der Waals surface area (Å²) in [7, 11) is 0. The lowest BCUT2D eigenvalue weighted by molar-refractivity contribution is -0.139. The lowest BCUT2D eigenvalue weighted by Crippen LogP contribution is -2.47. The van der Waals surface area contributed by atoms with Gasteiger partial charge in [-0.2, -0.15) is 13.2 Å². The summed E-state index contributed by atoms with van der Waals surface area (Å²) in [5.41, 5.74) is -1.19. The van der Waals surface area contributed by atoms with Crippen LogP contribution in [0.3, 0.4) is 0 Å². The van der Waals surface area contributed by atoms with Gasteiger partial charge in [0.15, 0.2) is 0 Å². The molecular weight excluding hydrogens is 337 g/mol. The number of thioether (sulfide) groups is 1. The number of fused-ring (bicyclic) bond motifs is 1. The Morgan fingerprint density at radius 3 is 2.50 bits per heavy atom. The summed E-state index contributed by atoms with van der Waals surface area (Å²) in [5.74, 6) is 1.34. The fourth-order valence-electron chi connectivity index (χ4n) is 3.35. The van der Waals surface area contributed by atoms with Crippen molar-refractivity contribution in [2.45, 2.75) is 30.5 Å². The number of nitrogens with one attached hydrogen (secondary N) is 2. The van der Waals surface area contributed by atoms with Crippen LogP contribution >= 0.6 is 11.8 Å². The minimum atomic E-state index is -4.37. The number of hydrogen-bond acceptors (Lipinski definition) is 3. The lowest BCUT2D eigenvalue weighted by Gasteiger charge is -2.27. The van der Waals surface area contributed by atoms with Crippen molar-refractivity contribution in [3.63, 3.8) is 0 Å². The van der Waals surface area contributed by atoms with E-state index >= 15 is 0 Å². The zero-order valence-electron chi connectivity index (χ0n) is 13.6. The van der Waals surface area contributed by atoms with Crippen LogP contribution < -0.4 is 10.6 Å². The second-order valence-corrected chi connectivity index (χ2v) is 8.18. The molecular formula is C17H21F3N2OS. The Morgan fingerprint density at radius 2 is 1.88 bits per heavy atom.